The standard InChI is InChI=1S/C22H32N6O/c1-16-18(15-27(2)26-16)19-13-20(25-24-19)22(29)23-14-21(17-9-5-3-6-10-17)28-11-7-4-8-12-28/h3,5-6,9-10,15,19-21,24-25H,4,7-8,11-14H2,1-2H3,(H,23,29). The average Bonchev–Trinajstić information content (AvgIpc) is 3.36. The Labute approximate surface area is 172 Å². The number of benzene rings is 1. The van der Waals surface area contributed by atoms with Gasteiger partial charge in [-0.15, -0.1) is 0 Å². The van der Waals surface area contributed by atoms with Gasteiger partial charge in [0.05, 0.1) is 17.8 Å². The van der Waals surface area contributed by atoms with E-state index in [9.17, 15) is 4.79 Å². The number of hydrogen-bond acceptors (Lipinski definition) is 5. The Morgan fingerprint density at radius 3 is 2.66 bits per heavy atom. The number of nitrogens with zero attached hydrogens (tertiary/aromatic N) is 3. The highest BCUT2D eigenvalue weighted by Crippen LogP contribution is 2.26. The maximum absolute atomic E-state index is 12.9. The van der Waals surface area contributed by atoms with Gasteiger partial charge >= 0.3 is 0 Å². The van der Waals surface area contributed by atoms with Gasteiger partial charge in [-0.05, 0) is 44.8 Å². The van der Waals surface area contributed by atoms with Gasteiger partial charge in [-0.3, -0.25) is 14.4 Å². The highest BCUT2D eigenvalue weighted by atomic mass is 16.2. The van der Waals surface area contributed by atoms with E-state index in [0.717, 1.165) is 30.8 Å². The first-order valence-electron chi connectivity index (χ1n) is 10.7. The number of nitrogens with one attached hydrogen (secondary N) is 3. The van der Waals surface area contributed by atoms with Gasteiger partial charge in [0, 0.05) is 25.4 Å². The molecule has 7 heteroatoms. The molecule has 2 fully saturated rings. The van der Waals surface area contributed by atoms with Crippen LogP contribution < -0.4 is 16.2 Å². The van der Waals surface area contributed by atoms with E-state index in [1.165, 1.54) is 24.8 Å². The summed E-state index contributed by atoms with van der Waals surface area (Å²) in [7, 11) is 1.92. The number of amides is 1. The molecular formula is C22H32N6O. The molecule has 3 heterocycles. The quantitative estimate of drug-likeness (QED) is 0.696. The van der Waals surface area contributed by atoms with Crippen molar-refractivity contribution >= 4 is 5.91 Å². The number of piperidine rings is 1. The van der Waals surface area contributed by atoms with Crippen LogP contribution in [0.25, 0.3) is 0 Å². The number of aromatic nitrogens is 2. The molecule has 0 saturated carbocycles. The van der Waals surface area contributed by atoms with E-state index in [0.29, 0.717) is 6.54 Å². The molecule has 0 aliphatic carbocycles. The van der Waals surface area contributed by atoms with Crippen molar-refractivity contribution in [2.45, 2.75) is 50.7 Å². The van der Waals surface area contributed by atoms with Crippen LogP contribution in [-0.2, 0) is 11.8 Å². The molecule has 0 radical (unpaired) electrons. The first-order chi connectivity index (χ1) is 14.1. The smallest absolute Gasteiger partial charge is 0.238 e. The molecule has 2 aliphatic rings. The first kappa shape index (κ1) is 20.1. The zero-order valence-corrected chi connectivity index (χ0v) is 17.4. The maximum Gasteiger partial charge on any atom is 0.238 e. The summed E-state index contributed by atoms with van der Waals surface area (Å²) >= 11 is 0. The van der Waals surface area contributed by atoms with Gasteiger partial charge in [0.25, 0.3) is 0 Å². The van der Waals surface area contributed by atoms with Crippen LogP contribution in [0.15, 0.2) is 36.5 Å². The first-order valence-corrected chi connectivity index (χ1v) is 10.7. The third-order valence-electron chi connectivity index (χ3n) is 6.13. The molecule has 0 bridgehead atoms. The molecule has 2 aliphatic heterocycles. The summed E-state index contributed by atoms with van der Waals surface area (Å²) in [6, 6.07) is 10.6. The Balaban J connectivity index is 1.37. The summed E-state index contributed by atoms with van der Waals surface area (Å²) in [5.74, 6) is 0.0551. The summed E-state index contributed by atoms with van der Waals surface area (Å²) < 4.78 is 1.82. The number of hydrogen-bond donors (Lipinski definition) is 3. The fourth-order valence-corrected chi connectivity index (χ4v) is 4.58. The van der Waals surface area contributed by atoms with E-state index in [1.807, 2.05) is 30.9 Å². The van der Waals surface area contributed by atoms with Crippen LogP contribution in [0.5, 0.6) is 0 Å². The van der Waals surface area contributed by atoms with Crippen molar-refractivity contribution in [3.63, 3.8) is 0 Å². The topological polar surface area (TPSA) is 74.2 Å². The molecule has 4 rings (SSSR count). The van der Waals surface area contributed by atoms with Gasteiger partial charge < -0.3 is 5.32 Å². The van der Waals surface area contributed by atoms with Crippen molar-refractivity contribution in [2.24, 2.45) is 7.05 Å². The number of carbonyl (C=O) groups excluding carboxylic acids is 1. The minimum Gasteiger partial charge on any atom is -0.353 e. The SMILES string of the molecule is Cc1nn(C)cc1C1CC(C(=O)NCC(c2ccccc2)N2CCCCC2)NN1. The molecule has 3 unspecified atom stereocenters. The van der Waals surface area contributed by atoms with Crippen LogP contribution in [0.3, 0.4) is 0 Å². The molecule has 1 aromatic heterocycles. The van der Waals surface area contributed by atoms with Crippen LogP contribution in [0, 0.1) is 6.92 Å². The van der Waals surface area contributed by atoms with Crippen LogP contribution in [-0.4, -0.2) is 46.3 Å². The van der Waals surface area contributed by atoms with E-state index in [2.05, 4.69) is 50.4 Å². The van der Waals surface area contributed by atoms with Crippen LogP contribution >= 0.6 is 0 Å². The zero-order chi connectivity index (χ0) is 20.2. The van der Waals surface area contributed by atoms with Gasteiger partial charge in [-0.1, -0.05) is 36.8 Å². The molecule has 156 valence electrons. The maximum atomic E-state index is 12.9. The lowest BCUT2D eigenvalue weighted by molar-refractivity contribution is -0.123. The van der Waals surface area contributed by atoms with E-state index in [-0.39, 0.29) is 24.0 Å². The molecule has 3 N–H and O–H groups in total. The van der Waals surface area contributed by atoms with Crippen LogP contribution in [0.1, 0.15) is 54.6 Å². The summed E-state index contributed by atoms with van der Waals surface area (Å²) in [6.07, 6.45) is 6.51. The van der Waals surface area contributed by atoms with E-state index in [4.69, 9.17) is 0 Å². The minimum absolute atomic E-state index is 0.0551. The minimum atomic E-state index is -0.239. The number of aryl methyl sites for hydroxylation is 2. The number of carbonyl (C=O) groups is 1. The highest BCUT2D eigenvalue weighted by molar-refractivity contribution is 5.82. The Morgan fingerprint density at radius 2 is 1.97 bits per heavy atom. The van der Waals surface area contributed by atoms with Gasteiger partial charge in [-0.2, -0.15) is 5.10 Å². The molecule has 2 aromatic rings. The third kappa shape index (κ3) is 4.69. The molecule has 29 heavy (non-hydrogen) atoms. The van der Waals surface area contributed by atoms with Crippen molar-refractivity contribution in [1.82, 2.24) is 30.8 Å². The molecule has 3 atom stereocenters. The molecule has 7 nitrogen and oxygen atoms in total. The fourth-order valence-electron chi connectivity index (χ4n) is 4.58. The fraction of sp³-hybridized carbons (Fsp3) is 0.545. The van der Waals surface area contributed by atoms with Crippen molar-refractivity contribution in [2.75, 3.05) is 19.6 Å². The third-order valence-corrected chi connectivity index (χ3v) is 6.13. The predicted octanol–water partition coefficient (Wildman–Crippen LogP) is 1.98. The lowest BCUT2D eigenvalue weighted by Crippen LogP contribution is -2.46. The van der Waals surface area contributed by atoms with E-state index < -0.39 is 0 Å². The largest absolute Gasteiger partial charge is 0.353 e. The van der Waals surface area contributed by atoms with Gasteiger partial charge in [0.2, 0.25) is 5.91 Å². The molecule has 1 amide bonds. The second-order valence-electron chi connectivity index (χ2n) is 8.24. The van der Waals surface area contributed by atoms with Crippen molar-refractivity contribution < 1.29 is 4.79 Å². The van der Waals surface area contributed by atoms with Gasteiger partial charge in [0.15, 0.2) is 0 Å². The summed E-state index contributed by atoms with van der Waals surface area (Å²) in [5.41, 5.74) is 9.86. The second-order valence-corrected chi connectivity index (χ2v) is 8.24. The average molecular weight is 397 g/mol. The Kier molecular flexibility index (Phi) is 6.28. The van der Waals surface area contributed by atoms with Gasteiger partial charge in [-0.25, -0.2) is 10.9 Å². The van der Waals surface area contributed by atoms with Crippen molar-refractivity contribution in [3.8, 4) is 0 Å². The van der Waals surface area contributed by atoms with Crippen molar-refractivity contribution in [3.05, 3.63) is 53.3 Å². The lowest BCUT2D eigenvalue weighted by Gasteiger charge is -2.35. The van der Waals surface area contributed by atoms with Gasteiger partial charge in [0.1, 0.15) is 6.04 Å². The second kappa shape index (κ2) is 9.07. The lowest BCUT2D eigenvalue weighted by atomic mass is 10.0. The number of hydrazine groups is 1. The van der Waals surface area contributed by atoms with Crippen LogP contribution in [0.4, 0.5) is 0 Å². The molecule has 1 aromatic carbocycles. The highest BCUT2D eigenvalue weighted by Gasteiger charge is 2.32. The van der Waals surface area contributed by atoms with Crippen LogP contribution in [0.2, 0.25) is 0 Å². The molecule has 2 saturated heterocycles. The normalized spacial score (nSPS) is 23.8. The van der Waals surface area contributed by atoms with E-state index in [1.54, 1.807) is 0 Å². The molecular weight excluding hydrogens is 364 g/mol. The zero-order valence-electron chi connectivity index (χ0n) is 17.4. The van der Waals surface area contributed by atoms with E-state index >= 15 is 0 Å². The Morgan fingerprint density at radius 1 is 1.21 bits per heavy atom. The summed E-state index contributed by atoms with van der Waals surface area (Å²) in [4.78, 5) is 15.4. The molecule has 0 spiro atoms. The Hall–Kier alpha value is -2.22. The number of likely N-dealkylation sites (tertiary alicyclic amines) is 1. The monoisotopic (exact) mass is 396 g/mol. The summed E-state index contributed by atoms with van der Waals surface area (Å²) in [5, 5.41) is 7.62. The van der Waals surface area contributed by atoms with Crippen molar-refractivity contribution in [1.29, 1.82) is 0 Å². The Bertz CT molecular complexity index is 814. The summed E-state index contributed by atoms with van der Waals surface area (Å²) in [6.45, 7) is 4.84. The predicted molar refractivity (Wildman–Crippen MR) is 113 cm³/mol. The number of rotatable bonds is 6.